The van der Waals surface area contributed by atoms with Crippen molar-refractivity contribution < 1.29 is 0 Å². The maximum atomic E-state index is 2.62. The molecule has 1 rings (SSSR count). The van der Waals surface area contributed by atoms with E-state index < -0.39 is 18.4 Å². The van der Waals surface area contributed by atoms with Crippen LogP contribution in [0.3, 0.4) is 0 Å². The first kappa shape index (κ1) is 15.6. The van der Waals surface area contributed by atoms with Crippen molar-refractivity contribution in [1.82, 2.24) is 0 Å². The fourth-order valence-corrected chi connectivity index (χ4v) is 21.1. The van der Waals surface area contributed by atoms with Gasteiger partial charge in [0.05, 0.1) is 0 Å². The van der Waals surface area contributed by atoms with Gasteiger partial charge in [0.15, 0.2) is 0 Å². The van der Waals surface area contributed by atoms with E-state index in [9.17, 15) is 0 Å². The fraction of sp³-hybridized carbons (Fsp3) is 0.875. The summed E-state index contributed by atoms with van der Waals surface area (Å²) in [5, 5.41) is 0. The van der Waals surface area contributed by atoms with E-state index in [1.165, 1.54) is 38.5 Å². The molecule has 0 aromatic heterocycles. The normalized spacial score (nSPS) is 19.3. The maximum absolute atomic E-state index is 2.62. The second-order valence-corrected chi connectivity index (χ2v) is 19.2. The molecule has 1 aliphatic rings. The van der Waals surface area contributed by atoms with Gasteiger partial charge in [-0.1, -0.05) is 0 Å². The third-order valence-corrected chi connectivity index (χ3v) is 20.9. The van der Waals surface area contributed by atoms with Gasteiger partial charge in [0.25, 0.3) is 0 Å². The third-order valence-electron chi connectivity index (χ3n) is 4.45. The van der Waals surface area contributed by atoms with Crippen molar-refractivity contribution in [2.45, 2.75) is 79.5 Å². The Morgan fingerprint density at radius 1 is 0.882 bits per heavy atom. The Hall–Kier alpha value is 0.539. The van der Waals surface area contributed by atoms with Gasteiger partial charge in [-0.2, -0.15) is 0 Å². The summed E-state index contributed by atoms with van der Waals surface area (Å²) in [6, 6.07) is 0. The van der Waals surface area contributed by atoms with Crippen molar-refractivity contribution in [2.24, 2.45) is 5.92 Å². The van der Waals surface area contributed by atoms with Gasteiger partial charge in [0, 0.05) is 0 Å². The van der Waals surface area contributed by atoms with Gasteiger partial charge in [-0.3, -0.25) is 0 Å². The van der Waals surface area contributed by atoms with Crippen molar-refractivity contribution in [3.05, 3.63) is 9.67 Å². The van der Waals surface area contributed by atoms with Crippen LogP contribution in [0.4, 0.5) is 0 Å². The molecule has 0 nitrogen and oxygen atoms in total. The van der Waals surface area contributed by atoms with Crippen molar-refractivity contribution in [1.29, 1.82) is 0 Å². The number of hydrogen-bond donors (Lipinski definition) is 0. The molecule has 0 aliphatic heterocycles. The molecule has 17 heavy (non-hydrogen) atoms. The monoisotopic (exact) mass is 344 g/mol. The molecule has 0 aromatic carbocycles. The Morgan fingerprint density at radius 2 is 1.24 bits per heavy atom. The molecule has 1 unspecified atom stereocenters. The number of unbranched alkanes of at least 4 members (excludes halogenated alkanes) is 3. The Kier molecular flexibility index (Phi) is 7.21. The van der Waals surface area contributed by atoms with Crippen LogP contribution in [0, 0.1) is 5.92 Å². The summed E-state index contributed by atoms with van der Waals surface area (Å²) in [6.07, 6.45) is 11.3. The van der Waals surface area contributed by atoms with Gasteiger partial charge < -0.3 is 0 Å². The predicted octanol–water partition coefficient (Wildman–Crippen LogP) is 5.95. The standard InChI is InChI=1S/C4H5.3C4H9.Sn/c1-4-2-3-4;3*1-3-4-2;/h2,4H,1H3;3*1,3-4H2,2H3;. The Balaban J connectivity index is 2.65. The molecule has 1 heteroatoms. The van der Waals surface area contributed by atoms with Crippen LogP contribution in [0.15, 0.2) is 9.67 Å². The first-order chi connectivity index (χ1) is 8.20. The molecular weight excluding hydrogens is 311 g/mol. The summed E-state index contributed by atoms with van der Waals surface area (Å²) in [7, 11) is 0. The zero-order valence-corrected chi connectivity index (χ0v) is 15.4. The average molecular weight is 343 g/mol. The van der Waals surface area contributed by atoms with Gasteiger partial charge in [-0.05, 0) is 0 Å². The van der Waals surface area contributed by atoms with E-state index in [0.717, 1.165) is 5.92 Å². The Labute approximate surface area is 113 Å². The van der Waals surface area contributed by atoms with Crippen LogP contribution in [0.5, 0.6) is 0 Å². The summed E-state index contributed by atoms with van der Waals surface area (Å²) in [6.45, 7) is 9.52. The van der Waals surface area contributed by atoms with Crippen LogP contribution in [-0.2, 0) is 0 Å². The molecule has 0 spiro atoms. The van der Waals surface area contributed by atoms with Crippen LogP contribution < -0.4 is 0 Å². The van der Waals surface area contributed by atoms with Gasteiger partial charge in [0.2, 0.25) is 0 Å². The summed E-state index contributed by atoms with van der Waals surface area (Å²) in [5.41, 5.74) is 0. The molecular formula is C16H32Sn. The molecule has 1 aliphatic carbocycles. The summed E-state index contributed by atoms with van der Waals surface area (Å²) in [4.78, 5) is 0. The first-order valence-corrected chi connectivity index (χ1v) is 15.4. The molecule has 1 atom stereocenters. The van der Waals surface area contributed by atoms with E-state index in [1.807, 2.05) is 3.59 Å². The predicted molar refractivity (Wildman–Crippen MR) is 82.1 cm³/mol. The molecule has 0 heterocycles. The summed E-state index contributed by atoms with van der Waals surface area (Å²) < 4.78 is 6.99. The van der Waals surface area contributed by atoms with E-state index in [2.05, 4.69) is 33.8 Å². The molecule has 0 fully saturated rings. The van der Waals surface area contributed by atoms with Gasteiger partial charge in [-0.25, -0.2) is 0 Å². The van der Waals surface area contributed by atoms with Gasteiger partial charge in [0.1, 0.15) is 0 Å². The minimum absolute atomic E-state index is 0.913. The molecule has 0 amide bonds. The average Bonchev–Trinajstić information content (AvgIpc) is 3.07. The Bertz CT molecular complexity index is 220. The topological polar surface area (TPSA) is 0 Å². The summed E-state index contributed by atoms with van der Waals surface area (Å²) in [5.74, 6) is 0.913. The number of rotatable bonds is 10. The zero-order valence-electron chi connectivity index (χ0n) is 12.5. The third kappa shape index (κ3) is 4.61. The van der Waals surface area contributed by atoms with Crippen molar-refractivity contribution >= 4 is 18.4 Å². The number of hydrogen-bond acceptors (Lipinski definition) is 0. The second kappa shape index (κ2) is 7.86. The van der Waals surface area contributed by atoms with Crippen LogP contribution in [0.25, 0.3) is 0 Å². The van der Waals surface area contributed by atoms with Crippen molar-refractivity contribution in [3.8, 4) is 0 Å². The zero-order chi connectivity index (χ0) is 12.7. The minimum atomic E-state index is -1.86. The quantitative estimate of drug-likeness (QED) is 0.430. The van der Waals surface area contributed by atoms with Crippen LogP contribution in [0.2, 0.25) is 13.3 Å². The molecule has 0 N–H and O–H groups in total. The van der Waals surface area contributed by atoms with Crippen LogP contribution >= 0.6 is 0 Å². The van der Waals surface area contributed by atoms with Gasteiger partial charge >= 0.3 is 113 Å². The molecule has 0 aromatic rings. The van der Waals surface area contributed by atoms with E-state index in [-0.39, 0.29) is 0 Å². The molecule has 0 saturated carbocycles. The van der Waals surface area contributed by atoms with Crippen LogP contribution in [-0.4, -0.2) is 18.4 Å². The van der Waals surface area contributed by atoms with E-state index in [1.54, 1.807) is 13.3 Å². The van der Waals surface area contributed by atoms with E-state index >= 15 is 0 Å². The van der Waals surface area contributed by atoms with Crippen LogP contribution in [0.1, 0.15) is 66.2 Å². The number of allylic oxidation sites excluding steroid dienone is 2. The fourth-order valence-electron chi connectivity index (χ4n) is 3.23. The van der Waals surface area contributed by atoms with E-state index in [4.69, 9.17) is 0 Å². The SMILES string of the molecule is CCC[CH2][Sn]([CH2]CCC)([CH2]CCC)[C]1=CC1C. The summed E-state index contributed by atoms with van der Waals surface area (Å²) >= 11 is -1.86. The van der Waals surface area contributed by atoms with Crippen molar-refractivity contribution in [3.63, 3.8) is 0 Å². The molecule has 0 bridgehead atoms. The first-order valence-electron chi connectivity index (χ1n) is 7.92. The molecule has 0 saturated heterocycles. The molecule has 100 valence electrons. The van der Waals surface area contributed by atoms with Crippen molar-refractivity contribution in [2.75, 3.05) is 0 Å². The second-order valence-electron chi connectivity index (χ2n) is 6.00. The van der Waals surface area contributed by atoms with E-state index in [0.29, 0.717) is 0 Å². The Morgan fingerprint density at radius 3 is 1.47 bits per heavy atom. The van der Waals surface area contributed by atoms with Gasteiger partial charge in [-0.15, -0.1) is 0 Å². The molecule has 0 radical (unpaired) electrons.